The van der Waals surface area contributed by atoms with E-state index in [9.17, 15) is 9.59 Å². The SMILES string of the molecule is CC(C)(C)c1ccc(/C=C2\SC(=S)N(CC(=O)Nc3ccccc3)C2=O)cc1. The Bertz CT molecular complexity index is 929. The van der Waals surface area contributed by atoms with Gasteiger partial charge in [0.25, 0.3) is 5.91 Å². The Balaban J connectivity index is 1.69. The number of hydrogen-bond donors (Lipinski definition) is 1. The molecule has 0 atom stereocenters. The van der Waals surface area contributed by atoms with Gasteiger partial charge in [-0.1, -0.05) is 87.2 Å². The van der Waals surface area contributed by atoms with E-state index in [1.54, 1.807) is 12.1 Å². The van der Waals surface area contributed by atoms with E-state index in [1.165, 1.54) is 22.2 Å². The van der Waals surface area contributed by atoms with E-state index < -0.39 is 0 Å². The molecule has 0 saturated carbocycles. The number of nitrogens with zero attached hydrogens (tertiary/aromatic N) is 1. The highest BCUT2D eigenvalue weighted by Gasteiger charge is 2.33. The van der Waals surface area contributed by atoms with E-state index in [1.807, 2.05) is 36.4 Å². The molecular weight excluding hydrogens is 388 g/mol. The predicted molar refractivity (Wildman–Crippen MR) is 120 cm³/mol. The van der Waals surface area contributed by atoms with Crippen molar-refractivity contribution >= 4 is 51.9 Å². The van der Waals surface area contributed by atoms with Crippen LogP contribution in [0, 0.1) is 0 Å². The molecule has 28 heavy (non-hydrogen) atoms. The van der Waals surface area contributed by atoms with Crippen molar-refractivity contribution in [2.24, 2.45) is 0 Å². The summed E-state index contributed by atoms with van der Waals surface area (Å²) in [5, 5.41) is 2.77. The molecule has 1 aliphatic rings. The lowest BCUT2D eigenvalue weighted by atomic mass is 9.87. The number of amides is 2. The van der Waals surface area contributed by atoms with Gasteiger partial charge in [0.15, 0.2) is 0 Å². The normalized spacial score (nSPS) is 16.0. The molecule has 0 radical (unpaired) electrons. The number of nitrogens with one attached hydrogen (secondary N) is 1. The van der Waals surface area contributed by atoms with Crippen LogP contribution in [0.1, 0.15) is 31.9 Å². The van der Waals surface area contributed by atoms with E-state index in [2.05, 4.69) is 38.2 Å². The summed E-state index contributed by atoms with van der Waals surface area (Å²) in [6.07, 6.45) is 1.82. The van der Waals surface area contributed by atoms with Gasteiger partial charge in [-0.05, 0) is 34.8 Å². The zero-order valence-corrected chi connectivity index (χ0v) is 17.7. The molecule has 3 rings (SSSR count). The molecule has 1 fully saturated rings. The van der Waals surface area contributed by atoms with Crippen molar-refractivity contribution in [1.29, 1.82) is 0 Å². The molecule has 2 aromatic rings. The summed E-state index contributed by atoms with van der Waals surface area (Å²) >= 11 is 6.53. The maximum absolute atomic E-state index is 12.7. The zero-order valence-electron chi connectivity index (χ0n) is 16.1. The molecule has 0 aromatic heterocycles. The topological polar surface area (TPSA) is 49.4 Å². The molecule has 1 heterocycles. The summed E-state index contributed by atoms with van der Waals surface area (Å²) in [7, 11) is 0. The summed E-state index contributed by atoms with van der Waals surface area (Å²) in [4.78, 5) is 26.8. The summed E-state index contributed by atoms with van der Waals surface area (Å²) in [6, 6.07) is 17.3. The average Bonchev–Trinajstić information content (AvgIpc) is 2.90. The number of thioether (sulfide) groups is 1. The summed E-state index contributed by atoms with van der Waals surface area (Å²) in [5.41, 5.74) is 2.93. The fraction of sp³-hybridized carbons (Fsp3) is 0.227. The van der Waals surface area contributed by atoms with Crippen LogP contribution in [0.25, 0.3) is 6.08 Å². The van der Waals surface area contributed by atoms with Gasteiger partial charge in [0.2, 0.25) is 5.91 Å². The van der Waals surface area contributed by atoms with Crippen molar-refractivity contribution in [3.8, 4) is 0 Å². The molecular formula is C22H22N2O2S2. The number of anilines is 1. The summed E-state index contributed by atoms with van der Waals surface area (Å²) in [6.45, 7) is 6.38. The van der Waals surface area contributed by atoms with Crippen LogP contribution in [0.5, 0.6) is 0 Å². The van der Waals surface area contributed by atoms with Crippen LogP contribution in [-0.2, 0) is 15.0 Å². The number of hydrogen-bond acceptors (Lipinski definition) is 4. The van der Waals surface area contributed by atoms with Gasteiger partial charge < -0.3 is 5.32 Å². The summed E-state index contributed by atoms with van der Waals surface area (Å²) < 4.78 is 0.394. The van der Waals surface area contributed by atoms with Crippen LogP contribution in [0.3, 0.4) is 0 Å². The third-order valence-electron chi connectivity index (χ3n) is 4.31. The van der Waals surface area contributed by atoms with Gasteiger partial charge in [-0.15, -0.1) is 0 Å². The molecule has 144 valence electrons. The molecule has 0 bridgehead atoms. The quantitative estimate of drug-likeness (QED) is 0.580. The van der Waals surface area contributed by atoms with Crippen molar-refractivity contribution in [1.82, 2.24) is 4.90 Å². The monoisotopic (exact) mass is 410 g/mol. The minimum Gasteiger partial charge on any atom is -0.325 e. The minimum absolute atomic E-state index is 0.0775. The number of rotatable bonds is 4. The second kappa shape index (κ2) is 8.29. The second-order valence-electron chi connectivity index (χ2n) is 7.55. The molecule has 1 N–H and O–H groups in total. The first-order chi connectivity index (χ1) is 13.2. The lowest BCUT2D eigenvalue weighted by Crippen LogP contribution is -2.36. The number of carbonyl (C=O) groups excluding carboxylic acids is 2. The molecule has 0 spiro atoms. The van der Waals surface area contributed by atoms with Gasteiger partial charge in [-0.2, -0.15) is 0 Å². The van der Waals surface area contributed by atoms with Gasteiger partial charge >= 0.3 is 0 Å². The van der Waals surface area contributed by atoms with E-state index >= 15 is 0 Å². The van der Waals surface area contributed by atoms with Crippen molar-refractivity contribution in [3.05, 3.63) is 70.6 Å². The molecule has 0 aliphatic carbocycles. The van der Waals surface area contributed by atoms with Crippen LogP contribution < -0.4 is 5.32 Å². The Kier molecular flexibility index (Phi) is 6.01. The van der Waals surface area contributed by atoms with Crippen molar-refractivity contribution in [3.63, 3.8) is 0 Å². The highest BCUT2D eigenvalue weighted by atomic mass is 32.2. The zero-order chi connectivity index (χ0) is 20.3. The van der Waals surface area contributed by atoms with Gasteiger partial charge in [-0.25, -0.2) is 0 Å². The maximum Gasteiger partial charge on any atom is 0.266 e. The first-order valence-corrected chi connectivity index (χ1v) is 10.2. The Morgan fingerprint density at radius 3 is 2.36 bits per heavy atom. The molecule has 2 amide bonds. The number of benzene rings is 2. The predicted octanol–water partition coefficient (Wildman–Crippen LogP) is 4.82. The highest BCUT2D eigenvalue weighted by Crippen LogP contribution is 2.33. The largest absolute Gasteiger partial charge is 0.325 e. The van der Waals surface area contributed by atoms with Gasteiger partial charge in [-0.3, -0.25) is 14.5 Å². The molecule has 6 heteroatoms. The van der Waals surface area contributed by atoms with Crippen LogP contribution in [0.2, 0.25) is 0 Å². The number of para-hydroxylation sites is 1. The Morgan fingerprint density at radius 1 is 1.11 bits per heavy atom. The lowest BCUT2D eigenvalue weighted by Gasteiger charge is -2.18. The first kappa shape index (κ1) is 20.3. The fourth-order valence-corrected chi connectivity index (χ4v) is 3.99. The third-order valence-corrected chi connectivity index (χ3v) is 5.69. The van der Waals surface area contributed by atoms with Crippen molar-refractivity contribution < 1.29 is 9.59 Å². The molecule has 4 nitrogen and oxygen atoms in total. The smallest absolute Gasteiger partial charge is 0.266 e. The standard InChI is InChI=1S/C22H22N2O2S2/c1-22(2,3)16-11-9-15(10-12-16)13-18-20(26)24(21(27)28-18)14-19(25)23-17-7-5-4-6-8-17/h4-13H,14H2,1-3H3,(H,23,25)/b18-13-. The van der Waals surface area contributed by atoms with Crippen molar-refractivity contribution in [2.75, 3.05) is 11.9 Å². The Labute approximate surface area is 175 Å². The van der Waals surface area contributed by atoms with E-state index in [-0.39, 0.29) is 23.8 Å². The van der Waals surface area contributed by atoms with E-state index in [0.717, 1.165) is 5.56 Å². The third kappa shape index (κ3) is 4.88. The van der Waals surface area contributed by atoms with E-state index in [4.69, 9.17) is 12.2 Å². The van der Waals surface area contributed by atoms with Crippen LogP contribution in [0.4, 0.5) is 5.69 Å². The number of carbonyl (C=O) groups is 2. The Morgan fingerprint density at radius 2 is 1.75 bits per heavy atom. The first-order valence-electron chi connectivity index (χ1n) is 8.95. The van der Waals surface area contributed by atoms with Crippen LogP contribution >= 0.6 is 24.0 Å². The summed E-state index contributed by atoms with van der Waals surface area (Å²) in [5.74, 6) is -0.517. The van der Waals surface area contributed by atoms with Gasteiger partial charge in [0.1, 0.15) is 10.9 Å². The molecule has 2 aromatic carbocycles. The van der Waals surface area contributed by atoms with Crippen LogP contribution in [0.15, 0.2) is 59.5 Å². The molecule has 0 unspecified atom stereocenters. The van der Waals surface area contributed by atoms with Crippen molar-refractivity contribution in [2.45, 2.75) is 26.2 Å². The van der Waals surface area contributed by atoms with Gasteiger partial charge in [0.05, 0.1) is 4.91 Å². The van der Waals surface area contributed by atoms with Gasteiger partial charge in [0, 0.05) is 5.69 Å². The molecule has 1 saturated heterocycles. The minimum atomic E-state index is -0.279. The maximum atomic E-state index is 12.7. The highest BCUT2D eigenvalue weighted by molar-refractivity contribution is 8.26. The number of thiocarbonyl (C=S) groups is 1. The Hall–Kier alpha value is -2.44. The fourth-order valence-electron chi connectivity index (χ4n) is 2.73. The second-order valence-corrected chi connectivity index (χ2v) is 9.23. The van der Waals surface area contributed by atoms with Crippen LogP contribution in [-0.4, -0.2) is 27.6 Å². The average molecular weight is 411 g/mol. The lowest BCUT2D eigenvalue weighted by molar-refractivity contribution is -0.126. The van der Waals surface area contributed by atoms with E-state index in [0.29, 0.717) is 14.9 Å². The molecule has 1 aliphatic heterocycles.